The van der Waals surface area contributed by atoms with Crippen molar-refractivity contribution in [2.24, 2.45) is 11.5 Å². The zero-order valence-corrected chi connectivity index (χ0v) is 17.1. The molecule has 1 aliphatic rings. The maximum atomic E-state index is 14.6. The van der Waals surface area contributed by atoms with E-state index in [4.69, 9.17) is 11.5 Å². The van der Waals surface area contributed by atoms with Gasteiger partial charge in [-0.2, -0.15) is 0 Å². The molecule has 1 aliphatic carbocycles. The Morgan fingerprint density at radius 3 is 2.77 bits per heavy atom. The molecule has 0 saturated heterocycles. The molecule has 1 amide bonds. The van der Waals surface area contributed by atoms with Gasteiger partial charge < -0.3 is 22.1 Å². The monoisotopic (exact) mass is 426 g/mol. The molecule has 9 heteroatoms. The molecule has 1 saturated carbocycles. The van der Waals surface area contributed by atoms with E-state index in [1.807, 2.05) is 23.6 Å². The molecule has 0 aromatic carbocycles. The van der Waals surface area contributed by atoms with Gasteiger partial charge in [0.1, 0.15) is 5.82 Å². The van der Waals surface area contributed by atoms with Crippen LogP contribution in [0.3, 0.4) is 0 Å². The number of amides is 1. The van der Waals surface area contributed by atoms with Crippen LogP contribution in [0, 0.1) is 5.82 Å². The number of nitrogens with zero attached hydrogens (tertiary/aromatic N) is 2. The number of nitrogens with two attached hydrogens (primary N) is 2. The lowest BCUT2D eigenvalue weighted by Gasteiger charge is -2.30. The van der Waals surface area contributed by atoms with E-state index in [1.165, 1.54) is 0 Å². The van der Waals surface area contributed by atoms with Gasteiger partial charge in [-0.3, -0.25) is 9.78 Å². The Morgan fingerprint density at radius 2 is 2.03 bits per heavy atom. The maximum Gasteiger partial charge on any atom is 0.252 e. The van der Waals surface area contributed by atoms with Gasteiger partial charge in [0.15, 0.2) is 11.6 Å². The largest absolute Gasteiger partial charge is 0.365 e. The number of aromatic nitrogens is 2. The highest BCUT2D eigenvalue weighted by Crippen LogP contribution is 2.29. The van der Waals surface area contributed by atoms with Crippen molar-refractivity contribution < 1.29 is 9.18 Å². The number of primary amides is 1. The number of carbonyl (C=O) groups excluding carboxylic acids is 1. The van der Waals surface area contributed by atoms with E-state index in [0.29, 0.717) is 5.69 Å². The number of pyridine rings is 2. The Balaban J connectivity index is 1.64. The van der Waals surface area contributed by atoms with Gasteiger partial charge >= 0.3 is 0 Å². The summed E-state index contributed by atoms with van der Waals surface area (Å²) in [5.41, 5.74) is 13.1. The normalized spacial score (nSPS) is 18.7. The van der Waals surface area contributed by atoms with Gasteiger partial charge in [0.2, 0.25) is 0 Å². The van der Waals surface area contributed by atoms with Crippen LogP contribution < -0.4 is 22.1 Å². The summed E-state index contributed by atoms with van der Waals surface area (Å²) < 4.78 is 14.6. The number of hydrogen-bond acceptors (Lipinski definition) is 7. The number of thiophene rings is 1. The van der Waals surface area contributed by atoms with Crippen molar-refractivity contribution in [3.63, 3.8) is 0 Å². The van der Waals surface area contributed by atoms with Gasteiger partial charge in [-0.15, -0.1) is 11.3 Å². The molecule has 0 aliphatic heterocycles. The van der Waals surface area contributed by atoms with Crippen LogP contribution in [0.2, 0.25) is 0 Å². The van der Waals surface area contributed by atoms with Gasteiger partial charge in [-0.05, 0) is 36.4 Å². The first-order chi connectivity index (χ1) is 14.5. The molecule has 4 rings (SSSR count). The van der Waals surface area contributed by atoms with Crippen molar-refractivity contribution in [3.8, 4) is 10.4 Å². The quantitative estimate of drug-likeness (QED) is 0.475. The Bertz CT molecular complexity index is 1040. The van der Waals surface area contributed by atoms with Crippen LogP contribution in [0.15, 0.2) is 42.0 Å². The first-order valence-corrected chi connectivity index (χ1v) is 10.7. The molecule has 3 aromatic rings. The number of halogens is 1. The molecule has 2 atom stereocenters. The predicted molar refractivity (Wildman–Crippen MR) is 117 cm³/mol. The standard InChI is InChI=1S/C21H23FN6OS/c22-15-9-14(19(24)29)20(28-21(15)27-17-5-2-1-4-16(17)23)26-13-8-12(10-25-11-13)18-6-3-7-30-18/h3,6-11,16-17H,1-2,4-5,23H2,(H2,24,29)(H2,26,27,28)/t16-,17?/m0/s1. The van der Waals surface area contributed by atoms with Crippen LogP contribution in [0.1, 0.15) is 36.0 Å². The zero-order valence-electron chi connectivity index (χ0n) is 16.3. The molecule has 3 aromatic heterocycles. The third-order valence-electron chi connectivity index (χ3n) is 5.19. The number of anilines is 3. The highest BCUT2D eigenvalue weighted by molar-refractivity contribution is 7.13. The van der Waals surface area contributed by atoms with E-state index in [9.17, 15) is 9.18 Å². The fourth-order valence-corrected chi connectivity index (χ4v) is 4.32. The highest BCUT2D eigenvalue weighted by atomic mass is 32.1. The van der Waals surface area contributed by atoms with Crippen LogP contribution in [0.5, 0.6) is 0 Å². The van der Waals surface area contributed by atoms with Crippen LogP contribution in [0.25, 0.3) is 10.4 Å². The summed E-state index contributed by atoms with van der Waals surface area (Å²) >= 11 is 1.59. The molecule has 1 unspecified atom stereocenters. The average Bonchev–Trinajstić information content (AvgIpc) is 3.27. The lowest BCUT2D eigenvalue weighted by molar-refractivity contribution is 0.100. The average molecular weight is 427 g/mol. The van der Waals surface area contributed by atoms with Crippen LogP contribution >= 0.6 is 11.3 Å². The van der Waals surface area contributed by atoms with Crippen molar-refractivity contribution in [1.29, 1.82) is 0 Å². The summed E-state index contributed by atoms with van der Waals surface area (Å²) in [6.45, 7) is 0. The lowest BCUT2D eigenvalue weighted by atomic mass is 9.91. The maximum absolute atomic E-state index is 14.6. The van der Waals surface area contributed by atoms with E-state index in [2.05, 4.69) is 20.6 Å². The second kappa shape index (κ2) is 8.76. The molecule has 7 nitrogen and oxygen atoms in total. The molecule has 0 spiro atoms. The van der Waals surface area contributed by atoms with E-state index in [0.717, 1.165) is 42.2 Å². The molecule has 3 heterocycles. The first kappa shape index (κ1) is 20.2. The third-order valence-corrected chi connectivity index (χ3v) is 6.11. The number of carbonyl (C=O) groups is 1. The zero-order chi connectivity index (χ0) is 21.1. The number of rotatable bonds is 6. The molecule has 6 N–H and O–H groups in total. The fourth-order valence-electron chi connectivity index (χ4n) is 3.61. The Kier molecular flexibility index (Phi) is 5.91. The number of hydrogen-bond donors (Lipinski definition) is 4. The molecule has 0 bridgehead atoms. The van der Waals surface area contributed by atoms with Crippen molar-refractivity contribution in [2.75, 3.05) is 10.6 Å². The first-order valence-electron chi connectivity index (χ1n) is 9.79. The predicted octanol–water partition coefficient (Wildman–Crippen LogP) is 3.87. The van der Waals surface area contributed by atoms with E-state index in [1.54, 1.807) is 23.7 Å². The Morgan fingerprint density at radius 1 is 1.20 bits per heavy atom. The minimum atomic E-state index is -0.771. The summed E-state index contributed by atoms with van der Waals surface area (Å²) in [6.07, 6.45) is 7.17. The summed E-state index contributed by atoms with van der Waals surface area (Å²) in [4.78, 5) is 21.5. The summed E-state index contributed by atoms with van der Waals surface area (Å²) in [6, 6.07) is 6.80. The van der Waals surface area contributed by atoms with Crippen LogP contribution in [-0.4, -0.2) is 28.0 Å². The van der Waals surface area contributed by atoms with Crippen molar-refractivity contribution in [1.82, 2.24) is 9.97 Å². The van der Waals surface area contributed by atoms with Crippen LogP contribution in [-0.2, 0) is 0 Å². The second-order valence-corrected chi connectivity index (χ2v) is 8.29. The lowest BCUT2D eigenvalue weighted by Crippen LogP contribution is -2.43. The van der Waals surface area contributed by atoms with Gasteiger partial charge in [-0.25, -0.2) is 9.37 Å². The topological polar surface area (TPSA) is 119 Å². The van der Waals surface area contributed by atoms with Crippen molar-refractivity contribution in [3.05, 3.63) is 53.4 Å². The van der Waals surface area contributed by atoms with E-state index < -0.39 is 11.7 Å². The highest BCUT2D eigenvalue weighted by Gasteiger charge is 2.24. The molecule has 30 heavy (non-hydrogen) atoms. The van der Waals surface area contributed by atoms with Gasteiger partial charge in [0.25, 0.3) is 5.91 Å². The smallest absolute Gasteiger partial charge is 0.252 e. The molecule has 1 fully saturated rings. The van der Waals surface area contributed by atoms with Crippen molar-refractivity contribution >= 4 is 34.6 Å². The SMILES string of the molecule is NC(=O)c1cc(F)c(NC2CCCC[C@@H]2N)nc1Nc1cncc(-c2cccs2)c1. The van der Waals surface area contributed by atoms with Gasteiger partial charge in [0, 0.05) is 28.7 Å². The minimum absolute atomic E-state index is 0.0347. The van der Waals surface area contributed by atoms with E-state index >= 15 is 0 Å². The summed E-state index contributed by atoms with van der Waals surface area (Å²) in [5.74, 6) is -1.20. The molecular weight excluding hydrogens is 403 g/mol. The molecule has 0 radical (unpaired) electrons. The van der Waals surface area contributed by atoms with E-state index in [-0.39, 0.29) is 29.3 Å². The van der Waals surface area contributed by atoms with Crippen molar-refractivity contribution in [2.45, 2.75) is 37.8 Å². The van der Waals surface area contributed by atoms with Gasteiger partial charge in [-0.1, -0.05) is 18.9 Å². The number of nitrogens with one attached hydrogen (secondary N) is 2. The summed E-state index contributed by atoms with van der Waals surface area (Å²) in [5, 5.41) is 8.15. The van der Waals surface area contributed by atoms with Crippen LogP contribution in [0.4, 0.5) is 21.7 Å². The second-order valence-electron chi connectivity index (χ2n) is 7.34. The Hall–Kier alpha value is -3.04. The molecule has 156 valence electrons. The molecular formula is C21H23FN6OS. The minimum Gasteiger partial charge on any atom is -0.365 e. The summed E-state index contributed by atoms with van der Waals surface area (Å²) in [7, 11) is 0. The Labute approximate surface area is 177 Å². The third kappa shape index (κ3) is 4.42. The fraction of sp³-hybridized carbons (Fsp3) is 0.286. The van der Waals surface area contributed by atoms with Gasteiger partial charge in [0.05, 0.1) is 17.4 Å².